The highest BCUT2D eigenvalue weighted by Crippen LogP contribution is 2.33. The van der Waals surface area contributed by atoms with Gasteiger partial charge in [0.15, 0.2) is 0 Å². The van der Waals surface area contributed by atoms with Gasteiger partial charge in [0.1, 0.15) is 0 Å². The summed E-state index contributed by atoms with van der Waals surface area (Å²) in [5, 5.41) is 0. The molecule has 2 N–H and O–H groups in total. The Kier molecular flexibility index (Phi) is 4.66. The molecule has 1 heterocycles. The number of halogens is 1. The molecule has 13 heavy (non-hydrogen) atoms. The van der Waals surface area contributed by atoms with Crippen molar-refractivity contribution in [1.29, 1.82) is 0 Å². The van der Waals surface area contributed by atoms with Crippen LogP contribution in [0.1, 0.15) is 26.7 Å². The highest BCUT2D eigenvalue weighted by molar-refractivity contribution is 5.85. The third-order valence-electron chi connectivity index (χ3n) is 2.60. The Morgan fingerprint density at radius 2 is 2.08 bits per heavy atom. The van der Waals surface area contributed by atoms with Crippen LogP contribution >= 0.6 is 12.4 Å². The van der Waals surface area contributed by atoms with Crippen molar-refractivity contribution >= 4 is 12.4 Å². The average Bonchev–Trinajstić information content (AvgIpc) is 2.02. The van der Waals surface area contributed by atoms with Gasteiger partial charge in [0.2, 0.25) is 0 Å². The molecule has 0 saturated carbocycles. The molecule has 4 heteroatoms. The van der Waals surface area contributed by atoms with E-state index >= 15 is 0 Å². The first-order chi connectivity index (χ1) is 5.54. The Morgan fingerprint density at radius 1 is 1.46 bits per heavy atom. The fourth-order valence-corrected chi connectivity index (χ4v) is 1.86. The zero-order valence-corrected chi connectivity index (χ0v) is 9.45. The monoisotopic (exact) mass is 209 g/mol. The molecule has 1 saturated heterocycles. The Labute approximate surface area is 86.4 Å². The van der Waals surface area contributed by atoms with Crippen LogP contribution in [-0.4, -0.2) is 31.5 Å². The number of nitrogens with two attached hydrogens (primary N) is 1. The van der Waals surface area contributed by atoms with Crippen LogP contribution in [0.2, 0.25) is 0 Å². The maximum Gasteiger partial charge on any atom is 0.0849 e. The summed E-state index contributed by atoms with van der Waals surface area (Å²) in [6, 6.07) is 0. The van der Waals surface area contributed by atoms with Crippen molar-refractivity contribution in [2.45, 2.75) is 37.9 Å². The van der Waals surface area contributed by atoms with Crippen molar-refractivity contribution in [3.05, 3.63) is 0 Å². The third-order valence-corrected chi connectivity index (χ3v) is 2.60. The lowest BCUT2D eigenvalue weighted by molar-refractivity contribution is -0.153. The standard InChI is InChI=1S/C9H19NO2.ClH/c1-8(2)6-9(7-10,11-3)4-5-12-8;/h4-7,10H2,1-3H3;1H. The lowest BCUT2D eigenvalue weighted by Gasteiger charge is -2.43. The first kappa shape index (κ1) is 13.2. The summed E-state index contributed by atoms with van der Waals surface area (Å²) in [7, 11) is 1.73. The van der Waals surface area contributed by atoms with Crippen LogP contribution in [-0.2, 0) is 9.47 Å². The number of methoxy groups -OCH3 is 1. The third kappa shape index (κ3) is 3.09. The minimum Gasteiger partial charge on any atom is -0.377 e. The number of hydrogen-bond acceptors (Lipinski definition) is 3. The van der Waals surface area contributed by atoms with Crippen molar-refractivity contribution in [3.8, 4) is 0 Å². The van der Waals surface area contributed by atoms with Crippen LogP contribution < -0.4 is 5.73 Å². The van der Waals surface area contributed by atoms with Crippen molar-refractivity contribution in [2.75, 3.05) is 20.3 Å². The second-order valence-electron chi connectivity index (χ2n) is 4.13. The molecule has 1 aliphatic rings. The zero-order chi connectivity index (χ0) is 9.24. The first-order valence-corrected chi connectivity index (χ1v) is 4.43. The van der Waals surface area contributed by atoms with Crippen molar-refractivity contribution in [3.63, 3.8) is 0 Å². The van der Waals surface area contributed by atoms with Crippen LogP contribution in [0.15, 0.2) is 0 Å². The molecular formula is C9H20ClNO2. The van der Waals surface area contributed by atoms with E-state index in [-0.39, 0.29) is 23.6 Å². The minimum absolute atomic E-state index is 0. The number of ether oxygens (including phenoxy) is 2. The van der Waals surface area contributed by atoms with E-state index in [1.54, 1.807) is 7.11 Å². The zero-order valence-electron chi connectivity index (χ0n) is 8.63. The van der Waals surface area contributed by atoms with Gasteiger partial charge in [0, 0.05) is 26.5 Å². The number of rotatable bonds is 2. The molecule has 0 radical (unpaired) electrons. The van der Waals surface area contributed by atoms with Gasteiger partial charge < -0.3 is 15.2 Å². The van der Waals surface area contributed by atoms with Gasteiger partial charge in [0.05, 0.1) is 17.8 Å². The van der Waals surface area contributed by atoms with Crippen molar-refractivity contribution in [1.82, 2.24) is 0 Å². The topological polar surface area (TPSA) is 44.5 Å². The highest BCUT2D eigenvalue weighted by Gasteiger charge is 2.39. The van der Waals surface area contributed by atoms with Crippen LogP contribution in [0.25, 0.3) is 0 Å². The normalized spacial score (nSPS) is 32.3. The van der Waals surface area contributed by atoms with Crippen LogP contribution in [0.3, 0.4) is 0 Å². The molecule has 1 aliphatic heterocycles. The number of hydrogen-bond donors (Lipinski definition) is 1. The molecule has 0 aromatic rings. The summed E-state index contributed by atoms with van der Waals surface area (Å²) in [6.07, 6.45) is 1.79. The Morgan fingerprint density at radius 3 is 2.38 bits per heavy atom. The maximum atomic E-state index is 5.69. The summed E-state index contributed by atoms with van der Waals surface area (Å²) in [5.41, 5.74) is 5.45. The molecular weight excluding hydrogens is 190 g/mol. The molecule has 0 spiro atoms. The Hall–Kier alpha value is 0.170. The predicted molar refractivity (Wildman–Crippen MR) is 55.3 cm³/mol. The van der Waals surface area contributed by atoms with E-state index in [0.717, 1.165) is 19.4 Å². The van der Waals surface area contributed by atoms with Crippen LogP contribution in [0.4, 0.5) is 0 Å². The maximum absolute atomic E-state index is 5.69. The minimum atomic E-state index is -0.151. The second kappa shape index (κ2) is 4.60. The summed E-state index contributed by atoms with van der Waals surface area (Å²) in [5.74, 6) is 0. The highest BCUT2D eigenvalue weighted by atomic mass is 35.5. The molecule has 0 amide bonds. The summed E-state index contributed by atoms with van der Waals surface area (Å²) < 4.78 is 11.0. The van der Waals surface area contributed by atoms with Crippen molar-refractivity contribution in [2.24, 2.45) is 5.73 Å². The molecule has 1 rings (SSSR count). The SMILES string of the molecule is COC1(CN)CCOC(C)(C)C1.Cl. The van der Waals surface area contributed by atoms with Crippen LogP contribution in [0.5, 0.6) is 0 Å². The second-order valence-corrected chi connectivity index (χ2v) is 4.13. The van der Waals surface area contributed by atoms with Gasteiger partial charge in [-0.3, -0.25) is 0 Å². The van der Waals surface area contributed by atoms with E-state index in [1.165, 1.54) is 0 Å². The Balaban J connectivity index is 0.00000144. The average molecular weight is 210 g/mol. The Bertz CT molecular complexity index is 158. The predicted octanol–water partition coefficient (Wildman–Crippen LogP) is 1.34. The summed E-state index contributed by atoms with van der Waals surface area (Å²) >= 11 is 0. The first-order valence-electron chi connectivity index (χ1n) is 4.43. The van der Waals surface area contributed by atoms with Gasteiger partial charge in [-0.2, -0.15) is 0 Å². The smallest absolute Gasteiger partial charge is 0.0849 e. The van der Waals surface area contributed by atoms with E-state index in [4.69, 9.17) is 15.2 Å². The lowest BCUT2D eigenvalue weighted by Crippen LogP contribution is -2.51. The molecule has 1 atom stereocenters. The van der Waals surface area contributed by atoms with Crippen LogP contribution in [0, 0.1) is 0 Å². The summed E-state index contributed by atoms with van der Waals surface area (Å²) in [4.78, 5) is 0. The molecule has 1 unspecified atom stereocenters. The van der Waals surface area contributed by atoms with Gasteiger partial charge in [-0.15, -0.1) is 12.4 Å². The lowest BCUT2D eigenvalue weighted by atomic mass is 9.84. The molecule has 3 nitrogen and oxygen atoms in total. The van der Waals surface area contributed by atoms with Crippen molar-refractivity contribution < 1.29 is 9.47 Å². The molecule has 1 fully saturated rings. The molecule has 0 bridgehead atoms. The largest absolute Gasteiger partial charge is 0.377 e. The van der Waals surface area contributed by atoms with E-state index < -0.39 is 0 Å². The van der Waals surface area contributed by atoms with Gasteiger partial charge in [0.25, 0.3) is 0 Å². The molecule has 0 aliphatic carbocycles. The van der Waals surface area contributed by atoms with Gasteiger partial charge in [-0.1, -0.05) is 0 Å². The van der Waals surface area contributed by atoms with Gasteiger partial charge >= 0.3 is 0 Å². The van der Waals surface area contributed by atoms with Gasteiger partial charge in [-0.05, 0) is 13.8 Å². The summed E-state index contributed by atoms with van der Waals surface area (Å²) in [6.45, 7) is 5.49. The van der Waals surface area contributed by atoms with Gasteiger partial charge in [-0.25, -0.2) is 0 Å². The molecule has 0 aromatic heterocycles. The van der Waals surface area contributed by atoms with E-state index in [2.05, 4.69) is 13.8 Å². The molecule has 80 valence electrons. The fraction of sp³-hybridized carbons (Fsp3) is 1.00. The van der Waals surface area contributed by atoms with E-state index in [9.17, 15) is 0 Å². The quantitative estimate of drug-likeness (QED) is 0.747. The fourth-order valence-electron chi connectivity index (χ4n) is 1.86. The van der Waals surface area contributed by atoms with E-state index in [0.29, 0.717) is 6.54 Å². The van der Waals surface area contributed by atoms with E-state index in [1.807, 2.05) is 0 Å². The molecule has 0 aromatic carbocycles.